The molecule has 1 aromatic heterocycles. The van der Waals surface area contributed by atoms with Gasteiger partial charge in [0.1, 0.15) is 12.4 Å². The Kier molecular flexibility index (Phi) is 5.19. The summed E-state index contributed by atoms with van der Waals surface area (Å²) in [5, 5.41) is 4.94. The van der Waals surface area contributed by atoms with Gasteiger partial charge in [-0.15, -0.1) is 11.3 Å². The predicted octanol–water partition coefficient (Wildman–Crippen LogP) is 5.50. The number of nitrogens with one attached hydrogen (secondary N) is 1. The molecule has 1 N–H and O–H groups in total. The van der Waals surface area contributed by atoms with Crippen molar-refractivity contribution in [1.82, 2.24) is 0 Å². The molecule has 0 aliphatic rings. The maximum absolute atomic E-state index is 12.4. The summed E-state index contributed by atoms with van der Waals surface area (Å²) >= 11 is 1.43. The van der Waals surface area contributed by atoms with E-state index in [9.17, 15) is 4.79 Å². The van der Waals surface area contributed by atoms with Crippen molar-refractivity contribution in [3.05, 3.63) is 81.0 Å². The van der Waals surface area contributed by atoms with Crippen LogP contribution in [0.15, 0.2) is 53.9 Å². The number of carbonyl (C=O) groups is 1. The summed E-state index contributed by atoms with van der Waals surface area (Å²) in [5.74, 6) is 0.747. The molecule has 2 aromatic carbocycles. The van der Waals surface area contributed by atoms with Gasteiger partial charge in [-0.25, -0.2) is 0 Å². The maximum Gasteiger partial charge on any atom is 0.265 e. The molecule has 4 heteroatoms. The number of carbonyl (C=O) groups excluding carboxylic acids is 1. The number of hydrogen-bond donors (Lipinski definition) is 1. The first-order valence-electron chi connectivity index (χ1n) is 8.17. The lowest BCUT2D eigenvalue weighted by molar-refractivity contribution is 0.103. The van der Waals surface area contributed by atoms with E-state index in [0.29, 0.717) is 11.5 Å². The van der Waals surface area contributed by atoms with Crippen LogP contribution < -0.4 is 10.1 Å². The fourth-order valence-corrected chi connectivity index (χ4v) is 3.30. The Morgan fingerprint density at radius 2 is 1.72 bits per heavy atom. The van der Waals surface area contributed by atoms with Crippen LogP contribution >= 0.6 is 11.3 Å². The van der Waals surface area contributed by atoms with Crippen molar-refractivity contribution in [2.45, 2.75) is 27.4 Å². The highest BCUT2D eigenvalue weighted by Gasteiger charge is 2.11. The van der Waals surface area contributed by atoms with E-state index in [4.69, 9.17) is 4.74 Å². The summed E-state index contributed by atoms with van der Waals surface area (Å²) < 4.78 is 5.77. The van der Waals surface area contributed by atoms with Gasteiger partial charge in [0.15, 0.2) is 0 Å². The van der Waals surface area contributed by atoms with Gasteiger partial charge in [-0.05, 0) is 56.0 Å². The summed E-state index contributed by atoms with van der Waals surface area (Å²) in [4.78, 5) is 13.1. The largest absolute Gasteiger partial charge is 0.489 e. The first-order valence-corrected chi connectivity index (χ1v) is 9.05. The molecule has 0 saturated carbocycles. The average Bonchev–Trinajstić information content (AvgIpc) is 3.06. The molecule has 25 heavy (non-hydrogen) atoms. The van der Waals surface area contributed by atoms with E-state index in [2.05, 4.69) is 11.4 Å². The Labute approximate surface area is 152 Å². The molecule has 0 atom stereocenters. The van der Waals surface area contributed by atoms with Crippen molar-refractivity contribution >= 4 is 22.9 Å². The van der Waals surface area contributed by atoms with Gasteiger partial charge in [0.25, 0.3) is 5.91 Å². The molecule has 1 heterocycles. The van der Waals surface area contributed by atoms with E-state index < -0.39 is 0 Å². The normalized spacial score (nSPS) is 10.5. The van der Waals surface area contributed by atoms with Gasteiger partial charge in [-0.3, -0.25) is 4.79 Å². The first kappa shape index (κ1) is 17.2. The van der Waals surface area contributed by atoms with Crippen LogP contribution in [0.3, 0.4) is 0 Å². The Balaban J connectivity index is 1.62. The second kappa shape index (κ2) is 7.53. The van der Waals surface area contributed by atoms with Crippen LogP contribution in [0.25, 0.3) is 0 Å². The van der Waals surface area contributed by atoms with Gasteiger partial charge in [0.05, 0.1) is 4.88 Å². The summed E-state index contributed by atoms with van der Waals surface area (Å²) in [5.41, 5.74) is 5.29. The lowest BCUT2D eigenvalue weighted by Gasteiger charge is -2.08. The van der Waals surface area contributed by atoms with Crippen molar-refractivity contribution < 1.29 is 9.53 Å². The molecule has 0 aliphatic carbocycles. The van der Waals surface area contributed by atoms with Gasteiger partial charge in [0, 0.05) is 11.3 Å². The number of rotatable bonds is 5. The number of hydrogen-bond acceptors (Lipinski definition) is 3. The third kappa shape index (κ3) is 4.48. The predicted molar refractivity (Wildman–Crippen MR) is 104 cm³/mol. The third-order valence-corrected chi connectivity index (χ3v) is 4.91. The molecule has 128 valence electrons. The number of aryl methyl sites for hydroxylation is 3. The number of thiophene rings is 1. The number of amides is 1. The topological polar surface area (TPSA) is 38.3 Å². The second-order valence-electron chi connectivity index (χ2n) is 6.19. The Bertz CT molecular complexity index is 881. The van der Waals surface area contributed by atoms with Crippen molar-refractivity contribution in [2.24, 2.45) is 0 Å². The smallest absolute Gasteiger partial charge is 0.265 e. The zero-order chi connectivity index (χ0) is 17.8. The van der Waals surface area contributed by atoms with Gasteiger partial charge in [-0.2, -0.15) is 0 Å². The summed E-state index contributed by atoms with van der Waals surface area (Å²) in [6.45, 7) is 6.54. The van der Waals surface area contributed by atoms with Crippen molar-refractivity contribution in [2.75, 3.05) is 5.32 Å². The van der Waals surface area contributed by atoms with E-state index in [-0.39, 0.29) is 5.91 Å². The molecule has 3 nitrogen and oxygen atoms in total. The first-order chi connectivity index (χ1) is 12.0. The highest BCUT2D eigenvalue weighted by Crippen LogP contribution is 2.21. The Morgan fingerprint density at radius 1 is 1.00 bits per heavy atom. The molecule has 0 bridgehead atoms. The second-order valence-corrected chi connectivity index (χ2v) is 7.10. The molecule has 3 aromatic rings. The number of benzene rings is 2. The minimum Gasteiger partial charge on any atom is -0.489 e. The van der Waals surface area contributed by atoms with Crippen LogP contribution in [0.1, 0.15) is 31.9 Å². The van der Waals surface area contributed by atoms with Gasteiger partial charge < -0.3 is 10.1 Å². The van der Waals surface area contributed by atoms with Gasteiger partial charge in [-0.1, -0.05) is 35.4 Å². The van der Waals surface area contributed by atoms with Crippen LogP contribution in [0, 0.1) is 20.8 Å². The van der Waals surface area contributed by atoms with Gasteiger partial charge >= 0.3 is 0 Å². The van der Waals surface area contributed by atoms with Crippen LogP contribution in [-0.4, -0.2) is 5.91 Å². The molecule has 0 spiro atoms. The average molecular weight is 351 g/mol. The van der Waals surface area contributed by atoms with E-state index >= 15 is 0 Å². The lowest BCUT2D eigenvalue weighted by atomic mass is 10.1. The Hall–Kier alpha value is -2.59. The minimum atomic E-state index is -0.0847. The minimum absolute atomic E-state index is 0.0847. The summed E-state index contributed by atoms with van der Waals surface area (Å²) in [6, 6.07) is 15.8. The molecular weight excluding hydrogens is 330 g/mol. The molecule has 0 fully saturated rings. The highest BCUT2D eigenvalue weighted by molar-refractivity contribution is 7.12. The van der Waals surface area contributed by atoms with Crippen molar-refractivity contribution in [3.8, 4) is 5.75 Å². The maximum atomic E-state index is 12.4. The molecule has 0 unspecified atom stereocenters. The van der Waals surface area contributed by atoms with Crippen LogP contribution in [-0.2, 0) is 6.61 Å². The molecule has 0 saturated heterocycles. The highest BCUT2D eigenvalue weighted by atomic mass is 32.1. The van der Waals surface area contributed by atoms with Gasteiger partial charge in [0.2, 0.25) is 0 Å². The molecule has 3 rings (SSSR count). The monoisotopic (exact) mass is 351 g/mol. The molecular formula is C21H21NO2S. The number of anilines is 1. The van der Waals surface area contributed by atoms with Crippen LogP contribution in [0.5, 0.6) is 5.75 Å². The fraction of sp³-hybridized carbons (Fsp3) is 0.190. The van der Waals surface area contributed by atoms with E-state index in [1.54, 1.807) is 0 Å². The SMILES string of the molecule is Cc1ccc(OCc2csc(C(=O)Nc3ccc(C)cc3C)c2)cc1. The van der Waals surface area contributed by atoms with E-state index in [0.717, 1.165) is 22.6 Å². The molecule has 1 amide bonds. The zero-order valence-electron chi connectivity index (χ0n) is 14.6. The lowest BCUT2D eigenvalue weighted by Crippen LogP contribution is -2.11. The fourth-order valence-electron chi connectivity index (χ4n) is 2.51. The van der Waals surface area contributed by atoms with Crippen LogP contribution in [0.2, 0.25) is 0 Å². The Morgan fingerprint density at radius 3 is 2.44 bits per heavy atom. The standard InChI is InChI=1S/C21H21NO2S/c1-14-4-7-18(8-5-14)24-12-17-11-20(25-13-17)21(23)22-19-9-6-15(2)10-16(19)3/h4-11,13H,12H2,1-3H3,(H,22,23). The quantitative estimate of drug-likeness (QED) is 0.659. The molecule has 0 radical (unpaired) electrons. The summed E-state index contributed by atoms with van der Waals surface area (Å²) in [7, 11) is 0. The summed E-state index contributed by atoms with van der Waals surface area (Å²) in [6.07, 6.45) is 0. The zero-order valence-corrected chi connectivity index (χ0v) is 15.4. The van der Waals surface area contributed by atoms with Crippen LogP contribution in [0.4, 0.5) is 5.69 Å². The van der Waals surface area contributed by atoms with E-state index in [1.807, 2.05) is 68.6 Å². The van der Waals surface area contributed by atoms with E-state index in [1.165, 1.54) is 22.5 Å². The third-order valence-electron chi connectivity index (χ3n) is 3.93. The number of ether oxygens (including phenoxy) is 1. The van der Waals surface area contributed by atoms with Crippen molar-refractivity contribution in [1.29, 1.82) is 0 Å². The molecule has 0 aliphatic heterocycles. The van der Waals surface area contributed by atoms with Crippen molar-refractivity contribution in [3.63, 3.8) is 0 Å².